The van der Waals surface area contributed by atoms with Gasteiger partial charge in [-0.1, -0.05) is 0 Å². The molecule has 0 aromatic rings. The lowest BCUT2D eigenvalue weighted by Gasteiger charge is -2.31. The summed E-state index contributed by atoms with van der Waals surface area (Å²) in [6.07, 6.45) is 1.40. The van der Waals surface area contributed by atoms with Gasteiger partial charge >= 0.3 is 0 Å². The highest BCUT2D eigenvalue weighted by Gasteiger charge is 2.48. The van der Waals surface area contributed by atoms with Crippen molar-refractivity contribution >= 4 is 0 Å². The molecule has 2 aliphatic rings. The van der Waals surface area contributed by atoms with Crippen molar-refractivity contribution in [3.63, 3.8) is 0 Å². The number of rotatable bonds is 0. The van der Waals surface area contributed by atoms with Crippen molar-refractivity contribution in [3.05, 3.63) is 0 Å². The van der Waals surface area contributed by atoms with E-state index in [1.165, 1.54) is 26.1 Å². The molecule has 64 valence electrons. The molecule has 0 spiro atoms. The lowest BCUT2D eigenvalue weighted by Crippen LogP contribution is -2.44. The maximum atomic E-state index is 2.53. The van der Waals surface area contributed by atoms with E-state index in [4.69, 9.17) is 0 Å². The van der Waals surface area contributed by atoms with E-state index in [-0.39, 0.29) is 0 Å². The van der Waals surface area contributed by atoms with Crippen LogP contribution in [0.25, 0.3) is 0 Å². The number of hydrogen-bond donors (Lipinski definition) is 0. The summed E-state index contributed by atoms with van der Waals surface area (Å²) in [5.41, 5.74) is 0.495. The molecular weight excluding hydrogens is 136 g/mol. The molecule has 11 heavy (non-hydrogen) atoms. The molecule has 2 saturated heterocycles. The van der Waals surface area contributed by atoms with E-state index in [0.717, 1.165) is 5.92 Å². The van der Waals surface area contributed by atoms with Crippen LogP contribution in [-0.2, 0) is 0 Å². The molecule has 2 heterocycles. The molecule has 2 aliphatic heterocycles. The van der Waals surface area contributed by atoms with Gasteiger partial charge in [0, 0.05) is 18.6 Å². The molecule has 2 fully saturated rings. The summed E-state index contributed by atoms with van der Waals surface area (Å²) in [6.45, 7) is 6.28. The Morgan fingerprint density at radius 2 is 2.09 bits per heavy atom. The smallest absolute Gasteiger partial charge is 0.0345 e. The van der Waals surface area contributed by atoms with E-state index in [2.05, 4.69) is 30.8 Å². The monoisotopic (exact) mass is 154 g/mol. The molecule has 0 radical (unpaired) electrons. The first-order valence-corrected chi connectivity index (χ1v) is 4.53. The van der Waals surface area contributed by atoms with Crippen LogP contribution in [0.5, 0.6) is 0 Å². The van der Waals surface area contributed by atoms with Gasteiger partial charge in [-0.15, -0.1) is 0 Å². The summed E-state index contributed by atoms with van der Waals surface area (Å²) in [7, 11) is 4.50. The summed E-state index contributed by atoms with van der Waals surface area (Å²) in [4.78, 5) is 4.99. The van der Waals surface area contributed by atoms with Crippen LogP contribution in [0.15, 0.2) is 0 Å². The third kappa shape index (κ3) is 0.926. The van der Waals surface area contributed by atoms with Gasteiger partial charge in [0.15, 0.2) is 0 Å². The summed E-state index contributed by atoms with van der Waals surface area (Å²) in [5.74, 6) is 0.928. The van der Waals surface area contributed by atoms with E-state index in [1.807, 2.05) is 0 Å². The summed E-state index contributed by atoms with van der Waals surface area (Å²) in [6, 6.07) is 0. The van der Waals surface area contributed by atoms with E-state index in [0.29, 0.717) is 5.54 Å². The lowest BCUT2D eigenvalue weighted by atomic mass is 9.91. The van der Waals surface area contributed by atoms with Gasteiger partial charge in [-0.05, 0) is 39.9 Å². The summed E-state index contributed by atoms with van der Waals surface area (Å²) in [5, 5.41) is 0. The first-order valence-electron chi connectivity index (χ1n) is 4.53. The highest BCUT2D eigenvalue weighted by atomic mass is 15.3. The predicted octanol–water partition coefficient (Wildman–Crippen LogP) is 0.642. The molecule has 0 amide bonds. The van der Waals surface area contributed by atoms with Crippen LogP contribution in [0.3, 0.4) is 0 Å². The van der Waals surface area contributed by atoms with Crippen molar-refractivity contribution in [2.75, 3.05) is 33.7 Å². The van der Waals surface area contributed by atoms with E-state index >= 15 is 0 Å². The molecular formula is C9H18N2. The molecule has 0 aliphatic carbocycles. The molecule has 2 nitrogen and oxygen atoms in total. The number of fused-ring (bicyclic) bond motifs is 1. The Labute approximate surface area is 69.2 Å². The van der Waals surface area contributed by atoms with Crippen molar-refractivity contribution in [2.45, 2.75) is 18.9 Å². The zero-order valence-corrected chi connectivity index (χ0v) is 7.80. The third-order valence-corrected chi connectivity index (χ3v) is 3.69. The Balaban J connectivity index is 2.20. The highest BCUT2D eigenvalue weighted by Crippen LogP contribution is 2.38. The first-order chi connectivity index (χ1) is 5.13. The second-order valence-corrected chi connectivity index (χ2v) is 4.46. The van der Waals surface area contributed by atoms with Crippen molar-refractivity contribution in [1.82, 2.24) is 9.80 Å². The van der Waals surface area contributed by atoms with E-state index in [9.17, 15) is 0 Å². The standard InChI is InChI=1S/C9H18N2/c1-9-7-10(2)6-8(9)4-5-11(9)3/h8H,4-7H2,1-3H3. The lowest BCUT2D eigenvalue weighted by molar-refractivity contribution is 0.176. The van der Waals surface area contributed by atoms with Gasteiger partial charge in [0.05, 0.1) is 0 Å². The highest BCUT2D eigenvalue weighted by molar-refractivity contribution is 5.04. The number of likely N-dealkylation sites (N-methyl/N-ethyl adjacent to an activating group) is 2. The van der Waals surface area contributed by atoms with Gasteiger partial charge in [0.25, 0.3) is 0 Å². The summed E-state index contributed by atoms with van der Waals surface area (Å²) < 4.78 is 0. The van der Waals surface area contributed by atoms with Crippen molar-refractivity contribution in [1.29, 1.82) is 0 Å². The molecule has 0 bridgehead atoms. The van der Waals surface area contributed by atoms with Gasteiger partial charge < -0.3 is 4.90 Å². The predicted molar refractivity (Wildman–Crippen MR) is 46.6 cm³/mol. The van der Waals surface area contributed by atoms with Crippen molar-refractivity contribution in [2.24, 2.45) is 5.92 Å². The molecule has 2 rings (SSSR count). The fourth-order valence-electron chi connectivity index (χ4n) is 2.75. The van der Waals surface area contributed by atoms with Crippen LogP contribution in [0.2, 0.25) is 0 Å². The summed E-state index contributed by atoms with van der Waals surface area (Å²) >= 11 is 0. The zero-order valence-electron chi connectivity index (χ0n) is 7.80. The maximum Gasteiger partial charge on any atom is 0.0345 e. The molecule has 2 unspecified atom stereocenters. The van der Waals surface area contributed by atoms with Crippen LogP contribution in [0.1, 0.15) is 13.3 Å². The first kappa shape index (κ1) is 7.56. The topological polar surface area (TPSA) is 6.48 Å². The second kappa shape index (κ2) is 2.20. The van der Waals surface area contributed by atoms with Gasteiger partial charge in [0.2, 0.25) is 0 Å². The number of nitrogens with zero attached hydrogens (tertiary/aromatic N) is 2. The molecule has 0 saturated carbocycles. The normalized spacial score (nSPS) is 46.6. The average molecular weight is 154 g/mol. The molecule has 0 N–H and O–H groups in total. The van der Waals surface area contributed by atoms with E-state index < -0.39 is 0 Å². The van der Waals surface area contributed by atoms with Crippen molar-refractivity contribution < 1.29 is 0 Å². The second-order valence-electron chi connectivity index (χ2n) is 4.46. The van der Waals surface area contributed by atoms with Crippen LogP contribution in [-0.4, -0.2) is 49.1 Å². The molecule has 2 heteroatoms. The largest absolute Gasteiger partial charge is 0.304 e. The molecule has 2 atom stereocenters. The minimum atomic E-state index is 0.495. The number of likely N-dealkylation sites (tertiary alicyclic amines) is 2. The average Bonchev–Trinajstić information content (AvgIpc) is 2.32. The van der Waals surface area contributed by atoms with Crippen LogP contribution < -0.4 is 0 Å². The Hall–Kier alpha value is -0.0800. The SMILES string of the molecule is CN1CC2CCN(C)C2(C)C1. The Morgan fingerprint density at radius 1 is 1.36 bits per heavy atom. The van der Waals surface area contributed by atoms with Crippen LogP contribution in [0.4, 0.5) is 0 Å². The minimum Gasteiger partial charge on any atom is -0.304 e. The minimum absolute atomic E-state index is 0.495. The van der Waals surface area contributed by atoms with Crippen molar-refractivity contribution in [3.8, 4) is 0 Å². The van der Waals surface area contributed by atoms with Gasteiger partial charge in [-0.2, -0.15) is 0 Å². The zero-order chi connectivity index (χ0) is 8.06. The van der Waals surface area contributed by atoms with E-state index in [1.54, 1.807) is 0 Å². The van der Waals surface area contributed by atoms with Crippen LogP contribution in [0, 0.1) is 5.92 Å². The fourth-order valence-corrected chi connectivity index (χ4v) is 2.75. The molecule has 0 aromatic heterocycles. The maximum absolute atomic E-state index is 2.53. The fraction of sp³-hybridized carbons (Fsp3) is 1.00. The quantitative estimate of drug-likeness (QED) is 0.505. The molecule has 0 aromatic carbocycles. The Kier molecular flexibility index (Phi) is 1.52. The Bertz CT molecular complexity index is 169. The van der Waals surface area contributed by atoms with Gasteiger partial charge in [0.1, 0.15) is 0 Å². The number of hydrogen-bond acceptors (Lipinski definition) is 2. The van der Waals surface area contributed by atoms with Gasteiger partial charge in [-0.25, -0.2) is 0 Å². The third-order valence-electron chi connectivity index (χ3n) is 3.69. The van der Waals surface area contributed by atoms with Crippen LogP contribution >= 0.6 is 0 Å². The Morgan fingerprint density at radius 3 is 2.73 bits per heavy atom. The van der Waals surface area contributed by atoms with Gasteiger partial charge in [-0.3, -0.25) is 4.90 Å².